The number of esters is 1. The highest BCUT2D eigenvalue weighted by Crippen LogP contribution is 2.14. The number of carbonyl (C=O) groups excluding carboxylic acids is 2. The van der Waals surface area contributed by atoms with Crippen LogP contribution in [0.2, 0.25) is 0 Å². The van der Waals surface area contributed by atoms with E-state index >= 15 is 0 Å². The highest BCUT2D eigenvalue weighted by Gasteiger charge is 2.09. The predicted molar refractivity (Wildman–Crippen MR) is 71.1 cm³/mol. The van der Waals surface area contributed by atoms with E-state index in [0.717, 1.165) is 0 Å². The first-order chi connectivity index (χ1) is 9.02. The van der Waals surface area contributed by atoms with Crippen molar-refractivity contribution in [1.82, 2.24) is 5.32 Å². The average molecular weight is 265 g/mol. The van der Waals surface area contributed by atoms with Gasteiger partial charge < -0.3 is 14.8 Å². The fraction of sp³-hybridized carbons (Fsp3) is 0.429. The Morgan fingerprint density at radius 2 is 2.05 bits per heavy atom. The topological polar surface area (TPSA) is 64.6 Å². The summed E-state index contributed by atoms with van der Waals surface area (Å²) >= 11 is 0. The maximum absolute atomic E-state index is 11.8. The average Bonchev–Trinajstić information content (AvgIpc) is 2.42. The second-order valence-corrected chi connectivity index (χ2v) is 4.49. The van der Waals surface area contributed by atoms with Gasteiger partial charge >= 0.3 is 5.97 Å². The van der Waals surface area contributed by atoms with Crippen molar-refractivity contribution in [3.8, 4) is 5.75 Å². The third kappa shape index (κ3) is 5.42. The molecule has 0 radical (unpaired) electrons. The lowest BCUT2D eigenvalue weighted by molar-refractivity contribution is -0.139. The highest BCUT2D eigenvalue weighted by molar-refractivity contribution is 5.96. The van der Waals surface area contributed by atoms with Crippen LogP contribution in [0.4, 0.5) is 0 Å². The lowest BCUT2D eigenvalue weighted by Crippen LogP contribution is -2.30. The van der Waals surface area contributed by atoms with Gasteiger partial charge in [-0.3, -0.25) is 9.59 Å². The van der Waals surface area contributed by atoms with E-state index in [1.165, 1.54) is 7.11 Å². The number of hydrogen-bond donors (Lipinski definition) is 1. The largest absolute Gasteiger partial charge is 0.493 e. The molecule has 1 amide bonds. The van der Waals surface area contributed by atoms with Gasteiger partial charge in [-0.05, 0) is 24.1 Å². The van der Waals surface area contributed by atoms with E-state index < -0.39 is 5.97 Å². The Hall–Kier alpha value is -2.04. The van der Waals surface area contributed by atoms with Crippen LogP contribution in [0.5, 0.6) is 5.75 Å². The molecule has 0 atom stereocenters. The van der Waals surface area contributed by atoms with Gasteiger partial charge in [-0.15, -0.1) is 0 Å². The zero-order valence-electron chi connectivity index (χ0n) is 11.4. The van der Waals surface area contributed by atoms with Gasteiger partial charge in [-0.1, -0.05) is 19.9 Å². The molecular weight excluding hydrogens is 246 g/mol. The molecular formula is C14H19NO4. The standard InChI is InChI=1S/C14H19NO4/c1-10(2)9-19-12-6-4-5-11(7-12)14(17)15-8-13(16)18-3/h4-7,10H,8-9H2,1-3H3,(H,15,17). The first-order valence-corrected chi connectivity index (χ1v) is 6.10. The third-order valence-electron chi connectivity index (χ3n) is 2.30. The minimum atomic E-state index is -0.486. The second kappa shape index (κ2) is 7.41. The lowest BCUT2D eigenvalue weighted by Gasteiger charge is -2.10. The molecule has 5 nitrogen and oxygen atoms in total. The number of carbonyl (C=O) groups is 2. The van der Waals surface area contributed by atoms with E-state index in [-0.39, 0.29) is 12.5 Å². The molecule has 1 N–H and O–H groups in total. The van der Waals surface area contributed by atoms with Crippen molar-refractivity contribution in [2.45, 2.75) is 13.8 Å². The fourth-order valence-corrected chi connectivity index (χ4v) is 1.32. The second-order valence-electron chi connectivity index (χ2n) is 4.49. The lowest BCUT2D eigenvalue weighted by atomic mass is 10.2. The molecule has 5 heteroatoms. The summed E-state index contributed by atoms with van der Waals surface area (Å²) in [6.45, 7) is 4.54. The smallest absolute Gasteiger partial charge is 0.325 e. The van der Waals surface area contributed by atoms with Gasteiger partial charge in [0.25, 0.3) is 5.91 Å². The minimum absolute atomic E-state index is 0.146. The third-order valence-corrected chi connectivity index (χ3v) is 2.30. The Balaban J connectivity index is 2.60. The summed E-state index contributed by atoms with van der Waals surface area (Å²) in [5.74, 6) is 0.234. The van der Waals surface area contributed by atoms with Crippen molar-refractivity contribution in [3.05, 3.63) is 29.8 Å². The van der Waals surface area contributed by atoms with Crippen molar-refractivity contribution < 1.29 is 19.1 Å². The molecule has 0 spiro atoms. The molecule has 0 aliphatic rings. The minimum Gasteiger partial charge on any atom is -0.493 e. The van der Waals surface area contributed by atoms with Crippen molar-refractivity contribution in [1.29, 1.82) is 0 Å². The first kappa shape index (κ1) is 15.0. The van der Waals surface area contributed by atoms with Crippen LogP contribution in [0, 0.1) is 5.92 Å². The van der Waals surface area contributed by atoms with Crippen LogP contribution < -0.4 is 10.1 Å². The van der Waals surface area contributed by atoms with Gasteiger partial charge in [-0.2, -0.15) is 0 Å². The van der Waals surface area contributed by atoms with Crippen molar-refractivity contribution in [3.63, 3.8) is 0 Å². The molecule has 0 unspecified atom stereocenters. The molecule has 1 aromatic carbocycles. The summed E-state index contributed by atoms with van der Waals surface area (Å²) in [5.41, 5.74) is 0.449. The number of nitrogens with one attached hydrogen (secondary N) is 1. The van der Waals surface area contributed by atoms with Crippen LogP contribution in [0.3, 0.4) is 0 Å². The van der Waals surface area contributed by atoms with Gasteiger partial charge in [0.2, 0.25) is 0 Å². The fourth-order valence-electron chi connectivity index (χ4n) is 1.32. The first-order valence-electron chi connectivity index (χ1n) is 6.10. The number of benzene rings is 1. The predicted octanol–water partition coefficient (Wildman–Crippen LogP) is 1.62. The van der Waals surface area contributed by atoms with Crippen LogP contribution in [-0.4, -0.2) is 32.1 Å². The molecule has 0 aliphatic heterocycles. The van der Waals surface area contributed by atoms with Crippen molar-refractivity contribution in [2.75, 3.05) is 20.3 Å². The van der Waals surface area contributed by atoms with Gasteiger partial charge in [0, 0.05) is 5.56 Å². The maximum Gasteiger partial charge on any atom is 0.325 e. The van der Waals surface area contributed by atoms with E-state index in [1.807, 2.05) is 13.8 Å². The normalized spacial score (nSPS) is 10.1. The van der Waals surface area contributed by atoms with E-state index in [9.17, 15) is 9.59 Å². The summed E-state index contributed by atoms with van der Waals surface area (Å²) in [4.78, 5) is 22.7. The van der Waals surface area contributed by atoms with Crippen LogP contribution in [0.25, 0.3) is 0 Å². The number of ether oxygens (including phenoxy) is 2. The van der Waals surface area contributed by atoms with E-state index in [2.05, 4.69) is 10.1 Å². The van der Waals surface area contributed by atoms with Crippen LogP contribution in [-0.2, 0) is 9.53 Å². The van der Waals surface area contributed by atoms with Crippen LogP contribution >= 0.6 is 0 Å². The molecule has 0 saturated heterocycles. The monoisotopic (exact) mass is 265 g/mol. The van der Waals surface area contributed by atoms with E-state index in [1.54, 1.807) is 24.3 Å². The van der Waals surface area contributed by atoms with Gasteiger partial charge in [-0.25, -0.2) is 0 Å². The van der Waals surface area contributed by atoms with E-state index in [0.29, 0.717) is 23.8 Å². The molecule has 0 saturated carbocycles. The molecule has 1 aromatic rings. The number of rotatable bonds is 6. The number of amides is 1. The quantitative estimate of drug-likeness (QED) is 0.794. The maximum atomic E-state index is 11.8. The van der Waals surface area contributed by atoms with Gasteiger partial charge in [0.1, 0.15) is 12.3 Å². The highest BCUT2D eigenvalue weighted by atomic mass is 16.5. The summed E-state index contributed by atoms with van der Waals surface area (Å²) in [7, 11) is 1.27. The van der Waals surface area contributed by atoms with Crippen LogP contribution in [0.1, 0.15) is 24.2 Å². The Kier molecular flexibility index (Phi) is 5.85. The SMILES string of the molecule is COC(=O)CNC(=O)c1cccc(OCC(C)C)c1. The Bertz CT molecular complexity index is 443. The number of methoxy groups -OCH3 is 1. The van der Waals surface area contributed by atoms with Gasteiger partial charge in [0.05, 0.1) is 13.7 Å². The van der Waals surface area contributed by atoms with Crippen molar-refractivity contribution >= 4 is 11.9 Å². The molecule has 0 fully saturated rings. The Morgan fingerprint density at radius 3 is 2.68 bits per heavy atom. The summed E-state index contributed by atoms with van der Waals surface area (Å²) in [5, 5.41) is 2.47. The zero-order valence-corrected chi connectivity index (χ0v) is 11.4. The van der Waals surface area contributed by atoms with Crippen LogP contribution in [0.15, 0.2) is 24.3 Å². The molecule has 0 bridgehead atoms. The summed E-state index contributed by atoms with van der Waals surface area (Å²) in [6.07, 6.45) is 0. The molecule has 0 aliphatic carbocycles. The molecule has 1 rings (SSSR count). The molecule has 0 heterocycles. The molecule has 0 aromatic heterocycles. The van der Waals surface area contributed by atoms with E-state index in [4.69, 9.17) is 4.74 Å². The summed E-state index contributed by atoms with van der Waals surface area (Å²) in [6, 6.07) is 6.84. The zero-order chi connectivity index (χ0) is 14.3. The Labute approximate surface area is 112 Å². The molecule has 19 heavy (non-hydrogen) atoms. The Morgan fingerprint density at radius 1 is 1.32 bits per heavy atom. The number of hydrogen-bond acceptors (Lipinski definition) is 4. The van der Waals surface area contributed by atoms with Crippen molar-refractivity contribution in [2.24, 2.45) is 5.92 Å². The molecule has 104 valence electrons. The van der Waals surface area contributed by atoms with Gasteiger partial charge in [0.15, 0.2) is 0 Å². The summed E-state index contributed by atoms with van der Waals surface area (Å²) < 4.78 is 9.98.